The van der Waals surface area contributed by atoms with E-state index in [1.54, 1.807) is 11.5 Å². The molecule has 0 radical (unpaired) electrons. The molecule has 1 atom stereocenters. The Balaban J connectivity index is 2.46. The summed E-state index contributed by atoms with van der Waals surface area (Å²) in [5, 5.41) is 0. The first kappa shape index (κ1) is 15.2. The number of halogens is 1. The largest absolute Gasteiger partial charge is 0.465 e. The quantitative estimate of drug-likeness (QED) is 0.755. The number of nitrogens with zero attached hydrogens (tertiary/aromatic N) is 2. The molecule has 1 aromatic heterocycles. The van der Waals surface area contributed by atoms with E-state index in [1.165, 1.54) is 19.2 Å². The highest BCUT2D eigenvalue weighted by Gasteiger charge is 2.24. The van der Waals surface area contributed by atoms with Crippen molar-refractivity contribution in [3.63, 3.8) is 0 Å². The summed E-state index contributed by atoms with van der Waals surface area (Å²) in [6.45, 7) is 1.79. The van der Waals surface area contributed by atoms with Crippen LogP contribution in [0.5, 0.6) is 0 Å². The summed E-state index contributed by atoms with van der Waals surface area (Å²) in [7, 11) is 1.22. The summed E-state index contributed by atoms with van der Waals surface area (Å²) in [4.78, 5) is 16.5. The van der Waals surface area contributed by atoms with Gasteiger partial charge in [-0.25, -0.2) is 14.2 Å². The summed E-state index contributed by atoms with van der Waals surface area (Å²) >= 11 is 0. The zero-order valence-electron chi connectivity index (χ0n) is 12.8. The minimum atomic E-state index is -0.749. The number of carbonyl (C=O) groups is 1. The van der Waals surface area contributed by atoms with Crippen molar-refractivity contribution in [1.29, 1.82) is 0 Å². The number of methoxy groups -OCH3 is 1. The van der Waals surface area contributed by atoms with Gasteiger partial charge in [0.15, 0.2) is 0 Å². The van der Waals surface area contributed by atoms with Crippen LogP contribution in [0.15, 0.2) is 42.5 Å². The van der Waals surface area contributed by atoms with Crippen molar-refractivity contribution >= 4 is 17.0 Å². The SMILES string of the molecule is COC(=O)c1c(F)ccc2nc(C(C)N)n(-c3ccccc3)c12. The molecule has 0 aliphatic carbocycles. The van der Waals surface area contributed by atoms with Gasteiger partial charge < -0.3 is 10.5 Å². The van der Waals surface area contributed by atoms with Crippen LogP contribution in [0.4, 0.5) is 4.39 Å². The van der Waals surface area contributed by atoms with E-state index in [1.807, 2.05) is 30.3 Å². The van der Waals surface area contributed by atoms with Gasteiger partial charge in [-0.3, -0.25) is 4.57 Å². The molecule has 1 heterocycles. The van der Waals surface area contributed by atoms with E-state index in [-0.39, 0.29) is 5.56 Å². The Hall–Kier alpha value is -2.73. The minimum absolute atomic E-state index is 0.145. The lowest BCUT2D eigenvalue weighted by molar-refractivity contribution is 0.0597. The standard InChI is InChI=1S/C17H16FN3O2/c1-10(19)16-20-13-9-8-12(18)14(17(22)23-2)15(13)21(16)11-6-4-3-5-7-11/h3-10H,19H2,1-2H3. The van der Waals surface area contributed by atoms with E-state index in [2.05, 4.69) is 4.98 Å². The van der Waals surface area contributed by atoms with Crippen LogP contribution in [0, 0.1) is 5.82 Å². The fraction of sp³-hybridized carbons (Fsp3) is 0.176. The average molecular weight is 313 g/mol. The molecule has 3 rings (SSSR count). The van der Waals surface area contributed by atoms with E-state index >= 15 is 0 Å². The summed E-state index contributed by atoms with van der Waals surface area (Å²) < 4.78 is 20.7. The summed E-state index contributed by atoms with van der Waals surface area (Å²) in [6, 6.07) is 11.6. The lowest BCUT2D eigenvalue weighted by atomic mass is 10.1. The van der Waals surface area contributed by atoms with Gasteiger partial charge in [0.05, 0.1) is 24.2 Å². The second-order valence-electron chi connectivity index (χ2n) is 5.21. The zero-order chi connectivity index (χ0) is 16.6. The van der Waals surface area contributed by atoms with Crippen LogP contribution < -0.4 is 5.73 Å². The second kappa shape index (κ2) is 5.81. The maximum Gasteiger partial charge on any atom is 0.343 e. The number of ether oxygens (including phenoxy) is 1. The van der Waals surface area contributed by atoms with Crippen LogP contribution in [-0.4, -0.2) is 22.6 Å². The van der Waals surface area contributed by atoms with Crippen molar-refractivity contribution in [2.75, 3.05) is 7.11 Å². The summed E-state index contributed by atoms with van der Waals surface area (Å²) in [5.41, 5.74) is 7.47. The molecule has 0 aliphatic rings. The van der Waals surface area contributed by atoms with Gasteiger partial charge in [-0.05, 0) is 31.2 Å². The summed E-state index contributed by atoms with van der Waals surface area (Å²) in [5.74, 6) is -0.860. The van der Waals surface area contributed by atoms with Gasteiger partial charge in [-0.15, -0.1) is 0 Å². The number of hydrogen-bond acceptors (Lipinski definition) is 4. The number of benzene rings is 2. The molecule has 1 unspecified atom stereocenters. The van der Waals surface area contributed by atoms with Gasteiger partial charge in [0.2, 0.25) is 0 Å². The third-order valence-corrected chi connectivity index (χ3v) is 3.60. The molecule has 2 N–H and O–H groups in total. The fourth-order valence-electron chi connectivity index (χ4n) is 2.60. The second-order valence-corrected chi connectivity index (χ2v) is 5.21. The zero-order valence-corrected chi connectivity index (χ0v) is 12.8. The fourth-order valence-corrected chi connectivity index (χ4v) is 2.60. The predicted molar refractivity (Wildman–Crippen MR) is 85.0 cm³/mol. The van der Waals surface area contributed by atoms with Crippen LogP contribution >= 0.6 is 0 Å². The number of esters is 1. The predicted octanol–water partition coefficient (Wildman–Crippen LogP) is 2.97. The first-order chi connectivity index (χ1) is 11.0. The van der Waals surface area contributed by atoms with Gasteiger partial charge in [0, 0.05) is 5.69 Å². The van der Waals surface area contributed by atoms with Gasteiger partial charge >= 0.3 is 5.97 Å². The lowest BCUT2D eigenvalue weighted by Gasteiger charge is -2.13. The molecule has 0 fully saturated rings. The van der Waals surface area contributed by atoms with E-state index in [9.17, 15) is 9.18 Å². The maximum absolute atomic E-state index is 14.3. The maximum atomic E-state index is 14.3. The Morgan fingerprint density at radius 1 is 1.26 bits per heavy atom. The van der Waals surface area contributed by atoms with Gasteiger partial charge in [-0.1, -0.05) is 18.2 Å². The lowest BCUT2D eigenvalue weighted by Crippen LogP contribution is -2.14. The minimum Gasteiger partial charge on any atom is -0.465 e. The monoisotopic (exact) mass is 313 g/mol. The van der Waals surface area contributed by atoms with Gasteiger partial charge in [0.1, 0.15) is 17.2 Å². The Labute approximate surface area is 132 Å². The number of hydrogen-bond donors (Lipinski definition) is 1. The van der Waals surface area contributed by atoms with Crippen molar-refractivity contribution in [3.8, 4) is 5.69 Å². The van der Waals surface area contributed by atoms with Crippen molar-refractivity contribution in [2.45, 2.75) is 13.0 Å². The molecule has 118 valence electrons. The number of fused-ring (bicyclic) bond motifs is 1. The van der Waals surface area contributed by atoms with Crippen LogP contribution in [-0.2, 0) is 4.74 Å². The third-order valence-electron chi connectivity index (χ3n) is 3.60. The third kappa shape index (κ3) is 2.47. The first-order valence-electron chi connectivity index (χ1n) is 7.14. The molecule has 3 aromatic rings. The molecular weight excluding hydrogens is 297 g/mol. The molecule has 2 aromatic carbocycles. The average Bonchev–Trinajstić information content (AvgIpc) is 2.94. The van der Waals surface area contributed by atoms with E-state index in [4.69, 9.17) is 10.5 Å². The molecular formula is C17H16FN3O2. The van der Waals surface area contributed by atoms with Crippen molar-refractivity contribution < 1.29 is 13.9 Å². The molecule has 0 spiro atoms. The normalized spacial score (nSPS) is 12.3. The molecule has 0 bridgehead atoms. The molecule has 0 saturated heterocycles. The van der Waals surface area contributed by atoms with Gasteiger partial charge in [-0.2, -0.15) is 0 Å². The number of aromatic nitrogens is 2. The molecule has 0 amide bonds. The number of imidazole rings is 1. The Kier molecular flexibility index (Phi) is 3.83. The Morgan fingerprint density at radius 2 is 1.96 bits per heavy atom. The van der Waals surface area contributed by atoms with Crippen molar-refractivity contribution in [3.05, 3.63) is 59.7 Å². The smallest absolute Gasteiger partial charge is 0.343 e. The van der Waals surface area contributed by atoms with E-state index in [0.29, 0.717) is 16.9 Å². The van der Waals surface area contributed by atoms with E-state index < -0.39 is 17.8 Å². The number of rotatable bonds is 3. The number of nitrogens with two attached hydrogens (primary N) is 1. The molecule has 23 heavy (non-hydrogen) atoms. The number of para-hydroxylation sites is 1. The van der Waals surface area contributed by atoms with Crippen molar-refractivity contribution in [2.24, 2.45) is 5.73 Å². The van der Waals surface area contributed by atoms with Crippen LogP contribution in [0.3, 0.4) is 0 Å². The van der Waals surface area contributed by atoms with Crippen LogP contribution in [0.1, 0.15) is 29.1 Å². The molecule has 6 heteroatoms. The Morgan fingerprint density at radius 3 is 2.57 bits per heavy atom. The molecule has 0 saturated carbocycles. The summed E-state index contributed by atoms with van der Waals surface area (Å²) in [6.07, 6.45) is 0. The highest BCUT2D eigenvalue weighted by molar-refractivity contribution is 6.03. The Bertz CT molecular complexity index is 872. The molecule has 0 aliphatic heterocycles. The number of carbonyl (C=O) groups excluding carboxylic acids is 1. The topological polar surface area (TPSA) is 70.1 Å². The molecule has 5 nitrogen and oxygen atoms in total. The highest BCUT2D eigenvalue weighted by Crippen LogP contribution is 2.29. The van der Waals surface area contributed by atoms with Crippen LogP contribution in [0.2, 0.25) is 0 Å². The first-order valence-corrected chi connectivity index (χ1v) is 7.14. The van der Waals surface area contributed by atoms with Gasteiger partial charge in [0.25, 0.3) is 0 Å². The van der Waals surface area contributed by atoms with Crippen molar-refractivity contribution in [1.82, 2.24) is 9.55 Å². The van der Waals surface area contributed by atoms with E-state index in [0.717, 1.165) is 5.69 Å². The highest BCUT2D eigenvalue weighted by atomic mass is 19.1. The van der Waals surface area contributed by atoms with Crippen LogP contribution in [0.25, 0.3) is 16.7 Å².